The number of rotatable bonds is 8. The van der Waals surface area contributed by atoms with E-state index >= 15 is 0 Å². The second kappa shape index (κ2) is 7.87. The molecule has 1 heterocycles. The third-order valence-corrected chi connectivity index (χ3v) is 2.19. The van der Waals surface area contributed by atoms with E-state index in [1.165, 1.54) is 0 Å². The Morgan fingerprint density at radius 1 is 1.28 bits per heavy atom. The number of nitrogens with one attached hydrogen (secondary N) is 2. The van der Waals surface area contributed by atoms with E-state index < -0.39 is 0 Å². The summed E-state index contributed by atoms with van der Waals surface area (Å²) in [6, 6.07) is 1.93. The van der Waals surface area contributed by atoms with Gasteiger partial charge in [0, 0.05) is 31.5 Å². The minimum absolute atomic E-state index is 0.576. The molecule has 1 rings (SSSR count). The first-order valence-corrected chi connectivity index (χ1v) is 6.53. The van der Waals surface area contributed by atoms with Crippen molar-refractivity contribution in [3.63, 3.8) is 0 Å². The molecule has 0 aliphatic heterocycles. The smallest absolute Gasteiger partial charge is 0.224 e. The molecule has 0 saturated carbocycles. The Balaban J connectivity index is 2.37. The molecule has 0 spiro atoms. The summed E-state index contributed by atoms with van der Waals surface area (Å²) < 4.78 is 5.50. The van der Waals surface area contributed by atoms with E-state index in [1.54, 1.807) is 0 Å². The van der Waals surface area contributed by atoms with Gasteiger partial charge in [-0.15, -0.1) is 0 Å². The largest absolute Gasteiger partial charge is 0.379 e. The summed E-state index contributed by atoms with van der Waals surface area (Å²) in [6.07, 6.45) is 0. The molecule has 2 N–H and O–H groups in total. The van der Waals surface area contributed by atoms with Gasteiger partial charge in [-0.05, 0) is 19.8 Å². The minimum atomic E-state index is 0.576. The molecule has 1 aromatic rings. The quantitative estimate of drug-likeness (QED) is 0.695. The van der Waals surface area contributed by atoms with Crippen LogP contribution in [0.3, 0.4) is 0 Å². The molecule has 0 atom stereocenters. The van der Waals surface area contributed by atoms with Crippen LogP contribution in [0.25, 0.3) is 0 Å². The summed E-state index contributed by atoms with van der Waals surface area (Å²) in [5.41, 5.74) is 0.951. The van der Waals surface area contributed by atoms with Gasteiger partial charge in [0.05, 0.1) is 6.61 Å². The first kappa shape index (κ1) is 14.7. The molecular formula is C13H24N4O. The zero-order chi connectivity index (χ0) is 13.4. The highest BCUT2D eigenvalue weighted by Gasteiger charge is 2.01. The number of anilines is 2. The topological polar surface area (TPSA) is 59.1 Å². The van der Waals surface area contributed by atoms with E-state index in [2.05, 4.69) is 34.4 Å². The Labute approximate surface area is 109 Å². The summed E-state index contributed by atoms with van der Waals surface area (Å²) in [7, 11) is 0. The maximum atomic E-state index is 5.50. The first-order valence-electron chi connectivity index (χ1n) is 6.53. The standard InChI is InChI=1S/C13H24N4O/c1-5-14-13-16-11(4)8-12(17-13)15-6-7-18-9-10(2)3/h8,10H,5-7,9H2,1-4H3,(H2,14,15,16,17). The van der Waals surface area contributed by atoms with E-state index in [-0.39, 0.29) is 0 Å². The maximum absolute atomic E-state index is 5.50. The van der Waals surface area contributed by atoms with Crippen LogP contribution in [0.4, 0.5) is 11.8 Å². The lowest BCUT2D eigenvalue weighted by Crippen LogP contribution is -2.14. The lowest BCUT2D eigenvalue weighted by atomic mass is 10.2. The number of hydrogen-bond acceptors (Lipinski definition) is 5. The van der Waals surface area contributed by atoms with Crippen LogP contribution in [0.5, 0.6) is 0 Å². The van der Waals surface area contributed by atoms with Crippen LogP contribution in [0.2, 0.25) is 0 Å². The van der Waals surface area contributed by atoms with Gasteiger partial charge in [0.2, 0.25) is 5.95 Å². The summed E-state index contributed by atoms with van der Waals surface area (Å²) in [5.74, 6) is 2.08. The van der Waals surface area contributed by atoms with Crippen LogP contribution in [0, 0.1) is 12.8 Å². The van der Waals surface area contributed by atoms with Gasteiger partial charge in [-0.3, -0.25) is 0 Å². The van der Waals surface area contributed by atoms with Crippen molar-refractivity contribution in [2.45, 2.75) is 27.7 Å². The Hall–Kier alpha value is -1.36. The van der Waals surface area contributed by atoms with Crippen LogP contribution >= 0.6 is 0 Å². The van der Waals surface area contributed by atoms with Gasteiger partial charge in [0.25, 0.3) is 0 Å². The van der Waals surface area contributed by atoms with Crippen molar-refractivity contribution in [2.75, 3.05) is 36.9 Å². The number of ether oxygens (including phenoxy) is 1. The van der Waals surface area contributed by atoms with Crippen LogP contribution in [-0.2, 0) is 4.74 Å². The lowest BCUT2D eigenvalue weighted by Gasteiger charge is -2.10. The highest BCUT2D eigenvalue weighted by Crippen LogP contribution is 2.08. The SMILES string of the molecule is CCNc1nc(C)cc(NCCOCC(C)C)n1. The molecule has 0 bridgehead atoms. The molecule has 0 aromatic carbocycles. The molecule has 0 saturated heterocycles. The molecular weight excluding hydrogens is 228 g/mol. The number of hydrogen-bond donors (Lipinski definition) is 2. The van der Waals surface area contributed by atoms with Crippen LogP contribution in [0.15, 0.2) is 6.07 Å². The van der Waals surface area contributed by atoms with Crippen molar-refractivity contribution in [3.05, 3.63) is 11.8 Å². The lowest BCUT2D eigenvalue weighted by molar-refractivity contribution is 0.118. The molecule has 18 heavy (non-hydrogen) atoms. The van der Waals surface area contributed by atoms with Gasteiger partial charge in [-0.1, -0.05) is 13.8 Å². The van der Waals surface area contributed by atoms with E-state index in [0.717, 1.165) is 31.2 Å². The van der Waals surface area contributed by atoms with Gasteiger partial charge in [-0.2, -0.15) is 4.98 Å². The van der Waals surface area contributed by atoms with E-state index in [4.69, 9.17) is 4.74 Å². The average Bonchev–Trinajstić information content (AvgIpc) is 2.28. The third kappa shape index (κ3) is 5.82. The highest BCUT2D eigenvalue weighted by atomic mass is 16.5. The number of aryl methyl sites for hydroxylation is 1. The fourth-order valence-corrected chi connectivity index (χ4v) is 1.47. The Morgan fingerprint density at radius 3 is 2.72 bits per heavy atom. The average molecular weight is 252 g/mol. The molecule has 0 fully saturated rings. The van der Waals surface area contributed by atoms with Crippen LogP contribution < -0.4 is 10.6 Å². The van der Waals surface area contributed by atoms with Crippen molar-refractivity contribution >= 4 is 11.8 Å². The fourth-order valence-electron chi connectivity index (χ4n) is 1.47. The van der Waals surface area contributed by atoms with Crippen molar-refractivity contribution in [1.29, 1.82) is 0 Å². The first-order chi connectivity index (χ1) is 8.61. The van der Waals surface area contributed by atoms with Gasteiger partial charge >= 0.3 is 0 Å². The molecule has 0 aliphatic carbocycles. The molecule has 5 nitrogen and oxygen atoms in total. The van der Waals surface area contributed by atoms with Gasteiger partial charge in [-0.25, -0.2) is 4.98 Å². The highest BCUT2D eigenvalue weighted by molar-refractivity contribution is 5.41. The third-order valence-electron chi connectivity index (χ3n) is 2.19. The molecule has 0 unspecified atom stereocenters. The molecule has 102 valence electrons. The van der Waals surface area contributed by atoms with Crippen molar-refractivity contribution in [3.8, 4) is 0 Å². The molecule has 5 heteroatoms. The minimum Gasteiger partial charge on any atom is -0.379 e. The molecule has 0 aliphatic rings. The van der Waals surface area contributed by atoms with E-state index in [0.29, 0.717) is 18.5 Å². The van der Waals surface area contributed by atoms with E-state index in [9.17, 15) is 0 Å². The van der Waals surface area contributed by atoms with Gasteiger partial charge in [0.15, 0.2) is 0 Å². The zero-order valence-corrected chi connectivity index (χ0v) is 11.8. The zero-order valence-electron chi connectivity index (χ0n) is 11.8. The number of aromatic nitrogens is 2. The van der Waals surface area contributed by atoms with Crippen molar-refractivity contribution < 1.29 is 4.74 Å². The van der Waals surface area contributed by atoms with Gasteiger partial charge in [0.1, 0.15) is 5.82 Å². The Morgan fingerprint density at radius 2 is 2.06 bits per heavy atom. The molecule has 0 amide bonds. The summed E-state index contributed by atoms with van der Waals surface area (Å²) in [4.78, 5) is 8.66. The predicted molar refractivity (Wildman–Crippen MR) is 75.1 cm³/mol. The van der Waals surface area contributed by atoms with E-state index in [1.807, 2.05) is 19.9 Å². The van der Waals surface area contributed by atoms with Gasteiger partial charge < -0.3 is 15.4 Å². The predicted octanol–water partition coefficient (Wildman–Crippen LogP) is 2.30. The second-order valence-electron chi connectivity index (χ2n) is 4.64. The fraction of sp³-hybridized carbons (Fsp3) is 0.692. The molecule has 0 radical (unpaired) electrons. The summed E-state index contributed by atoms with van der Waals surface area (Å²) >= 11 is 0. The number of nitrogens with zero attached hydrogens (tertiary/aromatic N) is 2. The normalized spacial score (nSPS) is 10.7. The van der Waals surface area contributed by atoms with Crippen LogP contribution in [-0.4, -0.2) is 36.3 Å². The maximum Gasteiger partial charge on any atom is 0.224 e. The van der Waals surface area contributed by atoms with Crippen molar-refractivity contribution in [1.82, 2.24) is 9.97 Å². The molecule has 1 aromatic heterocycles. The summed E-state index contributed by atoms with van der Waals surface area (Å²) in [6.45, 7) is 11.3. The second-order valence-corrected chi connectivity index (χ2v) is 4.64. The monoisotopic (exact) mass is 252 g/mol. The Bertz CT molecular complexity index is 355. The summed E-state index contributed by atoms with van der Waals surface area (Å²) in [5, 5.41) is 6.35. The van der Waals surface area contributed by atoms with Crippen LogP contribution in [0.1, 0.15) is 26.5 Å². The Kier molecular flexibility index (Phi) is 6.43. The van der Waals surface area contributed by atoms with Crippen molar-refractivity contribution in [2.24, 2.45) is 5.92 Å².